The first-order chi connectivity index (χ1) is 9.61. The number of hydrogen-bond donors (Lipinski definition) is 1. The molecule has 1 aromatic heterocycles. The third-order valence-electron chi connectivity index (χ3n) is 2.85. The van der Waals surface area contributed by atoms with E-state index in [4.69, 9.17) is 9.47 Å². The minimum atomic E-state index is -0.735. The summed E-state index contributed by atoms with van der Waals surface area (Å²) in [7, 11) is 1.52. The normalized spacial score (nSPS) is 12.0. The number of benzene rings is 1. The van der Waals surface area contributed by atoms with Crippen LogP contribution in [0, 0.1) is 5.82 Å². The largest absolute Gasteiger partial charge is 0.488 e. The van der Waals surface area contributed by atoms with Gasteiger partial charge in [0.15, 0.2) is 0 Å². The maximum Gasteiger partial charge on any atom is 0.219 e. The summed E-state index contributed by atoms with van der Waals surface area (Å²) in [5, 5.41) is 9.65. The van der Waals surface area contributed by atoms with Gasteiger partial charge in [0.05, 0.1) is 18.8 Å². The van der Waals surface area contributed by atoms with E-state index < -0.39 is 11.9 Å². The van der Waals surface area contributed by atoms with Gasteiger partial charge in [-0.3, -0.25) is 0 Å². The average molecular weight is 277 g/mol. The molecular weight excluding hydrogens is 261 g/mol. The molecule has 1 N–H and O–H groups in total. The summed E-state index contributed by atoms with van der Waals surface area (Å²) in [4.78, 5) is 4.06. The molecule has 1 heterocycles. The van der Waals surface area contributed by atoms with Crippen LogP contribution in [0.15, 0.2) is 36.5 Å². The standard InChI is InChI=1S/C15H16FNO3/c1-10(18)13-6-5-12(16)8-14(13)20-9-11-4-3-7-17-15(11)19-2/h3-8,10,18H,9H2,1-2H3/t10-/m0/s1. The van der Waals surface area contributed by atoms with Crippen LogP contribution >= 0.6 is 0 Å². The highest BCUT2D eigenvalue weighted by molar-refractivity contribution is 5.36. The number of ether oxygens (including phenoxy) is 2. The van der Waals surface area contributed by atoms with Gasteiger partial charge in [-0.1, -0.05) is 0 Å². The number of aliphatic hydroxyl groups excluding tert-OH is 1. The topological polar surface area (TPSA) is 51.6 Å². The molecular formula is C15H16FNO3. The summed E-state index contributed by atoms with van der Waals surface area (Å²) < 4.78 is 24.0. The van der Waals surface area contributed by atoms with E-state index in [0.717, 1.165) is 5.56 Å². The van der Waals surface area contributed by atoms with Crippen LogP contribution in [-0.2, 0) is 6.61 Å². The van der Waals surface area contributed by atoms with Crippen molar-refractivity contribution in [3.05, 3.63) is 53.5 Å². The highest BCUT2D eigenvalue weighted by Gasteiger charge is 2.12. The molecule has 0 spiro atoms. The second-order valence-corrected chi connectivity index (χ2v) is 4.32. The monoisotopic (exact) mass is 277 g/mol. The molecule has 5 heteroatoms. The number of pyridine rings is 1. The van der Waals surface area contributed by atoms with Gasteiger partial charge in [0.2, 0.25) is 5.88 Å². The Labute approximate surface area is 116 Å². The lowest BCUT2D eigenvalue weighted by Gasteiger charge is -2.14. The summed E-state index contributed by atoms with van der Waals surface area (Å²) in [6, 6.07) is 7.63. The van der Waals surface area contributed by atoms with Gasteiger partial charge in [-0.2, -0.15) is 0 Å². The zero-order valence-electron chi connectivity index (χ0n) is 11.3. The Balaban J connectivity index is 2.20. The molecule has 0 aliphatic rings. The van der Waals surface area contributed by atoms with Gasteiger partial charge in [0.25, 0.3) is 0 Å². The Hall–Kier alpha value is -2.14. The van der Waals surface area contributed by atoms with Crippen LogP contribution in [-0.4, -0.2) is 17.2 Å². The van der Waals surface area contributed by atoms with E-state index in [1.54, 1.807) is 19.2 Å². The fourth-order valence-corrected chi connectivity index (χ4v) is 1.85. The van der Waals surface area contributed by atoms with Crippen LogP contribution in [0.5, 0.6) is 11.6 Å². The lowest BCUT2D eigenvalue weighted by Crippen LogP contribution is -2.03. The lowest BCUT2D eigenvalue weighted by atomic mass is 10.1. The highest BCUT2D eigenvalue weighted by atomic mass is 19.1. The van der Waals surface area contributed by atoms with Crippen LogP contribution < -0.4 is 9.47 Å². The van der Waals surface area contributed by atoms with Gasteiger partial charge >= 0.3 is 0 Å². The van der Waals surface area contributed by atoms with Crippen molar-refractivity contribution in [3.8, 4) is 11.6 Å². The van der Waals surface area contributed by atoms with Crippen LogP contribution in [0.25, 0.3) is 0 Å². The molecule has 4 nitrogen and oxygen atoms in total. The average Bonchev–Trinajstić information content (AvgIpc) is 2.45. The molecule has 1 atom stereocenters. The number of nitrogens with zero attached hydrogens (tertiary/aromatic N) is 1. The van der Waals surface area contributed by atoms with Crippen molar-refractivity contribution in [2.75, 3.05) is 7.11 Å². The predicted octanol–water partition coefficient (Wildman–Crippen LogP) is 2.86. The van der Waals surface area contributed by atoms with E-state index in [1.165, 1.54) is 25.3 Å². The zero-order chi connectivity index (χ0) is 14.5. The molecule has 0 bridgehead atoms. The van der Waals surface area contributed by atoms with Gasteiger partial charge in [-0.25, -0.2) is 9.37 Å². The van der Waals surface area contributed by atoms with Crippen LogP contribution in [0.3, 0.4) is 0 Å². The molecule has 0 fully saturated rings. The summed E-state index contributed by atoms with van der Waals surface area (Å²) in [5.41, 5.74) is 1.28. The van der Waals surface area contributed by atoms with E-state index in [9.17, 15) is 9.50 Å². The highest BCUT2D eigenvalue weighted by Crippen LogP contribution is 2.27. The van der Waals surface area contributed by atoms with Gasteiger partial charge in [0, 0.05) is 17.8 Å². The summed E-state index contributed by atoms with van der Waals surface area (Å²) >= 11 is 0. The minimum Gasteiger partial charge on any atom is -0.488 e. The van der Waals surface area contributed by atoms with Gasteiger partial charge in [0.1, 0.15) is 18.2 Å². The van der Waals surface area contributed by atoms with Crippen LogP contribution in [0.2, 0.25) is 0 Å². The number of methoxy groups -OCH3 is 1. The number of aliphatic hydroxyl groups is 1. The molecule has 0 saturated carbocycles. The molecule has 0 saturated heterocycles. The molecule has 106 valence electrons. The maximum absolute atomic E-state index is 13.3. The van der Waals surface area contributed by atoms with E-state index in [2.05, 4.69) is 4.98 Å². The summed E-state index contributed by atoms with van der Waals surface area (Å²) in [6.07, 6.45) is 0.882. The van der Waals surface area contributed by atoms with Crippen molar-refractivity contribution in [1.29, 1.82) is 0 Å². The molecule has 0 amide bonds. The van der Waals surface area contributed by atoms with Gasteiger partial charge in [-0.05, 0) is 31.2 Å². The third kappa shape index (κ3) is 3.24. The molecule has 0 aliphatic heterocycles. The molecule has 0 unspecified atom stereocenters. The Bertz CT molecular complexity index is 587. The van der Waals surface area contributed by atoms with Crippen molar-refractivity contribution in [1.82, 2.24) is 4.98 Å². The number of rotatable bonds is 5. The number of halogens is 1. The van der Waals surface area contributed by atoms with Gasteiger partial charge in [-0.15, -0.1) is 0 Å². The fraction of sp³-hybridized carbons (Fsp3) is 0.267. The van der Waals surface area contributed by atoms with Crippen molar-refractivity contribution in [2.24, 2.45) is 0 Å². The second-order valence-electron chi connectivity index (χ2n) is 4.32. The van der Waals surface area contributed by atoms with Gasteiger partial charge < -0.3 is 14.6 Å². The van der Waals surface area contributed by atoms with E-state index in [1.807, 2.05) is 6.07 Å². The second kappa shape index (κ2) is 6.34. The lowest BCUT2D eigenvalue weighted by molar-refractivity contribution is 0.189. The molecule has 0 radical (unpaired) electrons. The molecule has 0 aliphatic carbocycles. The summed E-state index contributed by atoms with van der Waals surface area (Å²) in [6.45, 7) is 1.78. The van der Waals surface area contributed by atoms with Crippen molar-refractivity contribution < 1.29 is 19.0 Å². The van der Waals surface area contributed by atoms with Crippen LogP contribution in [0.1, 0.15) is 24.2 Å². The smallest absolute Gasteiger partial charge is 0.219 e. The Morgan fingerprint density at radius 2 is 2.15 bits per heavy atom. The van der Waals surface area contributed by atoms with Crippen molar-refractivity contribution >= 4 is 0 Å². The molecule has 2 aromatic rings. The van der Waals surface area contributed by atoms with E-state index in [-0.39, 0.29) is 6.61 Å². The molecule has 2 rings (SSSR count). The fourth-order valence-electron chi connectivity index (χ4n) is 1.85. The van der Waals surface area contributed by atoms with E-state index in [0.29, 0.717) is 17.2 Å². The first-order valence-corrected chi connectivity index (χ1v) is 6.20. The van der Waals surface area contributed by atoms with E-state index >= 15 is 0 Å². The third-order valence-corrected chi connectivity index (χ3v) is 2.85. The van der Waals surface area contributed by atoms with Crippen LogP contribution in [0.4, 0.5) is 4.39 Å². The number of hydrogen-bond acceptors (Lipinski definition) is 4. The molecule has 1 aromatic carbocycles. The molecule has 20 heavy (non-hydrogen) atoms. The maximum atomic E-state index is 13.3. The Kier molecular flexibility index (Phi) is 4.53. The van der Waals surface area contributed by atoms with Crippen molar-refractivity contribution in [3.63, 3.8) is 0 Å². The SMILES string of the molecule is COc1ncccc1COc1cc(F)ccc1[C@H](C)O. The Morgan fingerprint density at radius 1 is 1.35 bits per heavy atom. The zero-order valence-corrected chi connectivity index (χ0v) is 11.3. The minimum absolute atomic E-state index is 0.181. The van der Waals surface area contributed by atoms with Crippen molar-refractivity contribution in [2.45, 2.75) is 19.6 Å². The number of aromatic nitrogens is 1. The predicted molar refractivity (Wildman–Crippen MR) is 72.2 cm³/mol. The first-order valence-electron chi connectivity index (χ1n) is 6.20. The summed E-state index contributed by atoms with van der Waals surface area (Å²) in [5.74, 6) is 0.357. The first kappa shape index (κ1) is 14.3. The quantitative estimate of drug-likeness (QED) is 0.913. The Morgan fingerprint density at radius 3 is 2.85 bits per heavy atom.